The first-order chi connectivity index (χ1) is 8.43. The van der Waals surface area contributed by atoms with Crippen LogP contribution in [0, 0.1) is 5.41 Å². The fourth-order valence-electron chi connectivity index (χ4n) is 1.64. The van der Waals surface area contributed by atoms with E-state index in [0.29, 0.717) is 6.61 Å². The van der Waals surface area contributed by atoms with Crippen LogP contribution in [0.1, 0.15) is 19.4 Å². The Hall–Kier alpha value is -1.07. The number of nitrogen functional groups attached to an aromatic ring is 1. The van der Waals surface area contributed by atoms with Crippen molar-refractivity contribution in [2.45, 2.75) is 20.0 Å². The summed E-state index contributed by atoms with van der Waals surface area (Å²) in [6.45, 7) is 5.44. The first-order valence-corrected chi connectivity index (χ1v) is 6.68. The quantitative estimate of drug-likeness (QED) is 0.627. The zero-order chi connectivity index (χ0) is 13.7. The Morgan fingerprint density at radius 1 is 1.50 bits per heavy atom. The van der Waals surface area contributed by atoms with E-state index in [0.717, 1.165) is 22.3 Å². The van der Waals surface area contributed by atoms with Gasteiger partial charge < -0.3 is 15.4 Å². The molecular weight excluding hydrogens is 294 g/mol. The molecule has 0 bridgehead atoms. The molecule has 1 aromatic rings. The Kier molecular flexibility index (Phi) is 5.62. The van der Waals surface area contributed by atoms with Gasteiger partial charge in [-0.15, -0.1) is 0 Å². The third-order valence-corrected chi connectivity index (χ3v) is 3.21. The molecule has 0 saturated heterocycles. The molecule has 0 aromatic heterocycles. The highest BCUT2D eigenvalue weighted by atomic mass is 79.9. The van der Waals surface area contributed by atoms with Crippen LogP contribution in [-0.4, -0.2) is 32.1 Å². The molecule has 1 aromatic carbocycles. The van der Waals surface area contributed by atoms with E-state index in [1.54, 1.807) is 0 Å². The maximum atomic E-state index is 7.65. The summed E-state index contributed by atoms with van der Waals surface area (Å²) >= 11 is 3.43. The maximum Gasteiger partial charge on any atom is 0.126 e. The molecule has 0 radical (unpaired) electrons. The Morgan fingerprint density at radius 2 is 2.17 bits per heavy atom. The van der Waals surface area contributed by atoms with Crippen LogP contribution in [0.3, 0.4) is 0 Å². The molecule has 18 heavy (non-hydrogen) atoms. The molecule has 1 rings (SSSR count). The van der Waals surface area contributed by atoms with Crippen LogP contribution in [0.15, 0.2) is 22.7 Å². The number of nitrogens with one attached hydrogen (secondary N) is 1. The lowest BCUT2D eigenvalue weighted by molar-refractivity contribution is 0.0846. The Bertz CT molecular complexity index is 421. The topological polar surface area (TPSA) is 62.3 Å². The fraction of sp³-hybridized carbons (Fsp3) is 0.462. The van der Waals surface area contributed by atoms with Gasteiger partial charge in [0.1, 0.15) is 5.84 Å². The van der Waals surface area contributed by atoms with Crippen LogP contribution in [-0.2, 0) is 4.74 Å². The van der Waals surface area contributed by atoms with E-state index in [1.165, 1.54) is 0 Å². The minimum Gasteiger partial charge on any atom is -0.384 e. The zero-order valence-corrected chi connectivity index (χ0v) is 12.6. The number of hydrogen-bond acceptors (Lipinski definition) is 3. The number of likely N-dealkylation sites (N-methyl/N-ethyl adjacent to an activating group) is 1. The summed E-state index contributed by atoms with van der Waals surface area (Å²) in [4.78, 5) is 2.05. The Balaban J connectivity index is 2.82. The first kappa shape index (κ1) is 15.0. The first-order valence-electron chi connectivity index (χ1n) is 5.89. The minimum atomic E-state index is 0.0640. The number of ether oxygens (including phenoxy) is 1. The predicted octanol–water partition coefficient (Wildman–Crippen LogP) is 2.59. The van der Waals surface area contributed by atoms with E-state index in [9.17, 15) is 0 Å². The summed E-state index contributed by atoms with van der Waals surface area (Å²) in [6, 6.07) is 5.78. The summed E-state index contributed by atoms with van der Waals surface area (Å²) in [5, 5.41) is 7.65. The number of rotatable bonds is 6. The normalized spacial score (nSPS) is 10.7. The van der Waals surface area contributed by atoms with Crippen molar-refractivity contribution < 1.29 is 4.74 Å². The SMILES string of the molecule is CC(C)OCCN(C)c1cccc(Br)c1C(=N)N. The average molecular weight is 314 g/mol. The van der Waals surface area contributed by atoms with Crippen molar-refractivity contribution in [2.24, 2.45) is 5.73 Å². The monoisotopic (exact) mass is 313 g/mol. The third-order valence-electron chi connectivity index (χ3n) is 2.55. The van der Waals surface area contributed by atoms with E-state index in [1.807, 2.05) is 44.0 Å². The summed E-state index contributed by atoms with van der Waals surface area (Å²) < 4.78 is 6.36. The van der Waals surface area contributed by atoms with Crippen molar-refractivity contribution in [3.8, 4) is 0 Å². The second-order valence-electron chi connectivity index (χ2n) is 4.39. The summed E-state index contributed by atoms with van der Waals surface area (Å²) in [6.07, 6.45) is 0.230. The third kappa shape index (κ3) is 3.99. The van der Waals surface area contributed by atoms with Crippen LogP contribution < -0.4 is 10.6 Å². The van der Waals surface area contributed by atoms with Crippen LogP contribution >= 0.6 is 15.9 Å². The molecule has 0 spiro atoms. The second-order valence-corrected chi connectivity index (χ2v) is 5.24. The van der Waals surface area contributed by atoms with Gasteiger partial charge in [0.25, 0.3) is 0 Å². The van der Waals surface area contributed by atoms with Crippen molar-refractivity contribution in [1.82, 2.24) is 0 Å². The standard InChI is InChI=1S/C13H20BrN3O/c1-9(2)18-8-7-17(3)11-6-4-5-10(14)12(11)13(15)16/h4-6,9H,7-8H2,1-3H3,(H3,15,16). The Labute approximate surface area is 117 Å². The van der Waals surface area contributed by atoms with Crippen molar-refractivity contribution in [1.29, 1.82) is 5.41 Å². The molecule has 0 aliphatic carbocycles. The molecule has 0 fully saturated rings. The van der Waals surface area contributed by atoms with Gasteiger partial charge >= 0.3 is 0 Å². The molecule has 5 heteroatoms. The van der Waals surface area contributed by atoms with E-state index in [4.69, 9.17) is 15.9 Å². The lowest BCUT2D eigenvalue weighted by atomic mass is 10.1. The van der Waals surface area contributed by atoms with Crippen LogP contribution in [0.25, 0.3) is 0 Å². The van der Waals surface area contributed by atoms with Gasteiger partial charge in [-0.2, -0.15) is 0 Å². The van der Waals surface area contributed by atoms with E-state index < -0.39 is 0 Å². The van der Waals surface area contributed by atoms with Crippen molar-refractivity contribution in [3.05, 3.63) is 28.2 Å². The molecule has 0 aliphatic heterocycles. The molecule has 100 valence electrons. The summed E-state index contributed by atoms with van der Waals surface area (Å²) in [5.74, 6) is 0.0640. The van der Waals surface area contributed by atoms with E-state index in [2.05, 4.69) is 15.9 Å². The molecule has 0 saturated carbocycles. The number of hydrogen-bond donors (Lipinski definition) is 2. The highest BCUT2D eigenvalue weighted by Gasteiger charge is 2.12. The lowest BCUT2D eigenvalue weighted by Gasteiger charge is -2.23. The largest absolute Gasteiger partial charge is 0.384 e. The molecule has 0 amide bonds. The fourth-order valence-corrected chi connectivity index (χ4v) is 2.21. The maximum absolute atomic E-state index is 7.65. The van der Waals surface area contributed by atoms with Gasteiger partial charge in [0.2, 0.25) is 0 Å². The van der Waals surface area contributed by atoms with Crippen LogP contribution in [0.4, 0.5) is 5.69 Å². The van der Waals surface area contributed by atoms with E-state index in [-0.39, 0.29) is 11.9 Å². The van der Waals surface area contributed by atoms with Gasteiger partial charge in [0, 0.05) is 23.8 Å². The van der Waals surface area contributed by atoms with Gasteiger partial charge in [0.15, 0.2) is 0 Å². The van der Waals surface area contributed by atoms with E-state index >= 15 is 0 Å². The second kappa shape index (κ2) is 6.75. The predicted molar refractivity (Wildman–Crippen MR) is 79.5 cm³/mol. The number of nitrogens with zero attached hydrogens (tertiary/aromatic N) is 1. The number of nitrogens with two attached hydrogens (primary N) is 1. The highest BCUT2D eigenvalue weighted by Crippen LogP contribution is 2.26. The molecule has 4 nitrogen and oxygen atoms in total. The number of benzene rings is 1. The number of halogens is 1. The minimum absolute atomic E-state index is 0.0640. The summed E-state index contributed by atoms with van der Waals surface area (Å²) in [7, 11) is 1.97. The van der Waals surface area contributed by atoms with Gasteiger partial charge in [0.05, 0.1) is 18.3 Å². The van der Waals surface area contributed by atoms with Crippen LogP contribution in [0.2, 0.25) is 0 Å². The van der Waals surface area contributed by atoms with Gasteiger partial charge in [-0.3, -0.25) is 5.41 Å². The van der Waals surface area contributed by atoms with Gasteiger partial charge in [-0.05, 0) is 41.9 Å². The molecule has 3 N–H and O–H groups in total. The zero-order valence-electron chi connectivity index (χ0n) is 11.0. The molecule has 0 atom stereocenters. The number of amidine groups is 1. The van der Waals surface area contributed by atoms with Crippen molar-refractivity contribution >= 4 is 27.5 Å². The van der Waals surface area contributed by atoms with Crippen LogP contribution in [0.5, 0.6) is 0 Å². The van der Waals surface area contributed by atoms with Gasteiger partial charge in [-0.1, -0.05) is 6.07 Å². The number of anilines is 1. The lowest BCUT2D eigenvalue weighted by Crippen LogP contribution is -2.27. The smallest absolute Gasteiger partial charge is 0.126 e. The van der Waals surface area contributed by atoms with Crippen molar-refractivity contribution in [2.75, 3.05) is 25.1 Å². The molecular formula is C13H20BrN3O. The molecule has 0 heterocycles. The van der Waals surface area contributed by atoms with Crippen molar-refractivity contribution in [3.63, 3.8) is 0 Å². The molecule has 0 unspecified atom stereocenters. The Morgan fingerprint density at radius 3 is 2.72 bits per heavy atom. The average Bonchev–Trinajstić information content (AvgIpc) is 2.27. The molecule has 0 aliphatic rings. The summed E-state index contributed by atoms with van der Waals surface area (Å²) in [5.41, 5.74) is 7.29. The van der Waals surface area contributed by atoms with Gasteiger partial charge in [-0.25, -0.2) is 0 Å². The highest BCUT2D eigenvalue weighted by molar-refractivity contribution is 9.10.